The van der Waals surface area contributed by atoms with Crippen molar-refractivity contribution in [3.8, 4) is 6.07 Å². The Morgan fingerprint density at radius 1 is 0.794 bits per heavy atom. The first-order chi connectivity index (χ1) is 16.1. The number of nitrogens with zero attached hydrogens (tertiary/aromatic N) is 5. The molecule has 0 aliphatic rings. The van der Waals surface area contributed by atoms with Gasteiger partial charge in [0.05, 0.1) is 11.1 Å². The van der Waals surface area contributed by atoms with E-state index >= 15 is 0 Å². The van der Waals surface area contributed by atoms with Crippen LogP contribution in [0.3, 0.4) is 0 Å². The van der Waals surface area contributed by atoms with Crippen LogP contribution in [-0.2, 0) is 0 Å². The second-order valence-corrected chi connectivity index (χ2v) is 6.89. The van der Waals surface area contributed by atoms with Crippen LogP contribution in [0, 0.1) is 21.3 Å². The average Bonchev–Trinajstić information content (AvgIpc) is 2.88. The molecule has 0 bridgehead atoms. The van der Waals surface area contributed by atoms with Crippen LogP contribution >= 0.6 is 23.2 Å². The normalized spacial score (nSPS) is 10.0. The number of ketones is 1. The molecule has 0 saturated carbocycles. The molecule has 0 aliphatic heterocycles. The fourth-order valence-electron chi connectivity index (χ4n) is 2.62. The van der Waals surface area contributed by atoms with E-state index in [1.807, 2.05) is 18.2 Å². The van der Waals surface area contributed by atoms with Gasteiger partial charge in [-0.2, -0.15) is 5.26 Å². The van der Waals surface area contributed by atoms with Crippen molar-refractivity contribution in [3.63, 3.8) is 0 Å². The largest absolute Gasteiger partial charge is 1.00 e. The van der Waals surface area contributed by atoms with E-state index in [0.717, 1.165) is 5.56 Å². The number of hydrogen-bond donors (Lipinski definition) is 0. The standard InChI is InChI=1S/C12H8ClN3.C11H7ClN2O.Na.O2.H/c13-11-5-2-1-4-9(11)10(8-14)12-15-6-3-7-16-12;12-9-5-2-1-4-8(9)10(15)11-13-6-3-7-14-11;;1-2;/h1-7,10H;1-7H;;;/q;;+1;;-1. The fraction of sp³-hybridized carbons (Fsp3) is 0.0435. The Labute approximate surface area is 229 Å². The molecule has 1 atom stereocenters. The molecule has 1 unspecified atom stereocenters. The van der Waals surface area contributed by atoms with Crippen molar-refractivity contribution in [1.82, 2.24) is 19.9 Å². The molecular weight excluding hydrogens is 488 g/mol. The Morgan fingerprint density at radius 2 is 1.29 bits per heavy atom. The second kappa shape index (κ2) is 15.7. The van der Waals surface area contributed by atoms with E-state index in [-0.39, 0.29) is 42.6 Å². The summed E-state index contributed by atoms with van der Waals surface area (Å²) in [6.07, 6.45) is 6.28. The summed E-state index contributed by atoms with van der Waals surface area (Å²) < 4.78 is 0. The number of nitriles is 1. The van der Waals surface area contributed by atoms with Gasteiger partial charge in [0.15, 0.2) is 0 Å². The maximum Gasteiger partial charge on any atom is 1.00 e. The maximum atomic E-state index is 11.9. The zero-order valence-corrected chi connectivity index (χ0v) is 21.4. The Hall–Kier alpha value is -3.06. The van der Waals surface area contributed by atoms with E-state index in [0.29, 0.717) is 21.4 Å². The van der Waals surface area contributed by atoms with Gasteiger partial charge in [0, 0.05) is 45.3 Å². The quantitative estimate of drug-likeness (QED) is 0.306. The first kappa shape index (κ1) is 29.0. The van der Waals surface area contributed by atoms with Crippen molar-refractivity contribution in [3.05, 3.63) is 128 Å². The molecule has 34 heavy (non-hydrogen) atoms. The van der Waals surface area contributed by atoms with Crippen LogP contribution in [0.5, 0.6) is 0 Å². The van der Waals surface area contributed by atoms with Gasteiger partial charge in [-0.05, 0) is 35.9 Å². The van der Waals surface area contributed by atoms with Gasteiger partial charge in [-0.1, -0.05) is 53.5 Å². The van der Waals surface area contributed by atoms with Crippen molar-refractivity contribution in [2.45, 2.75) is 5.92 Å². The molecule has 4 rings (SSSR count). The third kappa shape index (κ3) is 8.06. The monoisotopic (exact) mass is 503 g/mol. The third-order valence-electron chi connectivity index (χ3n) is 4.08. The van der Waals surface area contributed by atoms with Gasteiger partial charge in [-0.3, -0.25) is 4.79 Å². The molecule has 0 saturated heterocycles. The van der Waals surface area contributed by atoms with E-state index in [2.05, 4.69) is 26.0 Å². The number of carbonyl (C=O) groups is 1. The molecule has 2 heterocycles. The van der Waals surface area contributed by atoms with Crippen molar-refractivity contribution in [2.24, 2.45) is 0 Å². The van der Waals surface area contributed by atoms with Crippen molar-refractivity contribution in [2.75, 3.05) is 0 Å². The van der Waals surface area contributed by atoms with Gasteiger partial charge >= 0.3 is 29.6 Å². The molecule has 0 fully saturated rings. The van der Waals surface area contributed by atoms with Gasteiger partial charge < -0.3 is 1.43 Å². The average molecular weight is 504 g/mol. The summed E-state index contributed by atoms with van der Waals surface area (Å²) in [5, 5.41) is 10.1. The minimum Gasteiger partial charge on any atom is -1.00 e. The van der Waals surface area contributed by atoms with Gasteiger partial charge in [0.2, 0.25) is 11.6 Å². The van der Waals surface area contributed by atoms with E-state index in [1.165, 1.54) is 12.4 Å². The Bertz CT molecular complexity index is 1230. The van der Waals surface area contributed by atoms with Crippen molar-refractivity contribution >= 4 is 29.0 Å². The molecular formula is C23H16Cl2N5NaO3. The van der Waals surface area contributed by atoms with Crippen LogP contribution in [0.15, 0.2) is 85.5 Å². The molecule has 166 valence electrons. The number of halogens is 2. The van der Waals surface area contributed by atoms with Gasteiger partial charge in [0.1, 0.15) is 11.7 Å². The number of carbonyl (C=O) groups excluding carboxylic acids is 1. The summed E-state index contributed by atoms with van der Waals surface area (Å²) in [5.41, 5.74) is 1.16. The second-order valence-electron chi connectivity index (χ2n) is 6.07. The summed E-state index contributed by atoms with van der Waals surface area (Å²) in [4.78, 5) is 41.8. The summed E-state index contributed by atoms with van der Waals surface area (Å²) in [7, 11) is 0. The van der Waals surface area contributed by atoms with Gasteiger partial charge in [-0.15, -0.1) is 0 Å². The predicted molar refractivity (Wildman–Crippen MR) is 126 cm³/mol. The first-order valence-corrected chi connectivity index (χ1v) is 10.0. The fourth-order valence-corrected chi connectivity index (χ4v) is 3.08. The summed E-state index contributed by atoms with van der Waals surface area (Å²) >= 11 is 11.9. The van der Waals surface area contributed by atoms with Crippen molar-refractivity contribution < 1.29 is 35.8 Å². The Kier molecular flexibility index (Phi) is 13.4. The topological polar surface area (TPSA) is 127 Å². The number of rotatable bonds is 4. The maximum absolute atomic E-state index is 11.9. The Morgan fingerprint density at radius 3 is 1.82 bits per heavy atom. The van der Waals surface area contributed by atoms with Crippen LogP contribution in [0.2, 0.25) is 10.0 Å². The van der Waals surface area contributed by atoms with Crippen LogP contribution in [0.4, 0.5) is 0 Å². The summed E-state index contributed by atoms with van der Waals surface area (Å²) in [6.45, 7) is 0. The van der Waals surface area contributed by atoms with Gasteiger partial charge in [-0.25, -0.2) is 19.9 Å². The van der Waals surface area contributed by atoms with Crippen LogP contribution in [0.25, 0.3) is 0 Å². The third-order valence-corrected chi connectivity index (χ3v) is 4.75. The molecule has 0 aliphatic carbocycles. The molecule has 0 amide bonds. The zero-order valence-electron chi connectivity index (χ0n) is 18.9. The van der Waals surface area contributed by atoms with E-state index in [9.17, 15) is 4.79 Å². The zero-order chi connectivity index (χ0) is 24.1. The van der Waals surface area contributed by atoms with Crippen LogP contribution < -0.4 is 29.6 Å². The van der Waals surface area contributed by atoms with Crippen LogP contribution in [-0.4, -0.2) is 25.7 Å². The smallest absolute Gasteiger partial charge is 1.00 e. The minimum absolute atomic E-state index is 0. The van der Waals surface area contributed by atoms with Gasteiger partial charge in [0.25, 0.3) is 0 Å². The molecule has 0 radical (unpaired) electrons. The first-order valence-electron chi connectivity index (χ1n) is 9.25. The molecule has 8 nitrogen and oxygen atoms in total. The molecule has 2 aromatic heterocycles. The van der Waals surface area contributed by atoms with E-state index in [4.69, 9.17) is 38.4 Å². The molecule has 0 spiro atoms. The number of hydrogen-bond acceptors (Lipinski definition) is 8. The summed E-state index contributed by atoms with van der Waals surface area (Å²) in [6, 6.07) is 19.6. The number of aromatic nitrogens is 4. The molecule has 2 aromatic carbocycles. The van der Waals surface area contributed by atoms with Crippen LogP contribution in [0.1, 0.15) is 34.9 Å². The molecule has 0 N–H and O–H groups in total. The molecule has 11 heteroatoms. The summed E-state index contributed by atoms with van der Waals surface area (Å²) in [5.74, 6) is -0.153. The molecule has 4 aromatic rings. The SMILES string of the molecule is N#CC(c1ncccn1)c1ccccc1Cl.O=C(c1ncccn1)c1ccccc1Cl.O=O.[H-].[Na+]. The minimum atomic E-state index is -0.519. The number of benzene rings is 2. The predicted octanol–water partition coefficient (Wildman–Crippen LogP) is 2.33. The Balaban J connectivity index is 0.000000587. The van der Waals surface area contributed by atoms with Crippen molar-refractivity contribution in [1.29, 1.82) is 5.26 Å². The van der Waals surface area contributed by atoms with E-state index in [1.54, 1.807) is 54.9 Å². The van der Waals surface area contributed by atoms with E-state index < -0.39 is 5.92 Å².